The Morgan fingerprint density at radius 1 is 0.612 bits per heavy atom. The van der Waals surface area contributed by atoms with Crippen LogP contribution in [0.5, 0.6) is 0 Å². The highest BCUT2D eigenvalue weighted by molar-refractivity contribution is 5.97. The molecule has 3 aromatic rings. The van der Waals surface area contributed by atoms with Crippen LogP contribution in [-0.4, -0.2) is 137 Å². The quantitative estimate of drug-likeness (QED) is 0.0640. The van der Waals surface area contributed by atoms with Crippen LogP contribution >= 0.6 is 0 Å². The van der Waals surface area contributed by atoms with Crippen molar-refractivity contribution in [1.82, 2.24) is 47.0 Å². The number of esters is 1. The van der Waals surface area contributed by atoms with Crippen LogP contribution in [0.1, 0.15) is 179 Å². The van der Waals surface area contributed by atoms with Gasteiger partial charge in [0.25, 0.3) is 5.91 Å². The van der Waals surface area contributed by atoms with Gasteiger partial charge in [0.05, 0.1) is 24.7 Å². The normalized spacial score (nSPS) is 19.6. The van der Waals surface area contributed by atoms with Crippen LogP contribution in [0.4, 0.5) is 4.79 Å². The summed E-state index contributed by atoms with van der Waals surface area (Å²) in [5.74, 6) is -4.14. The molecule has 1 aliphatic heterocycles. The summed E-state index contributed by atoms with van der Waals surface area (Å²) in [6.07, 6.45) is 4.21. The van der Waals surface area contributed by atoms with Gasteiger partial charge in [-0.2, -0.15) is 0 Å². The maximum atomic E-state index is 15.0. The van der Waals surface area contributed by atoms with Crippen molar-refractivity contribution in [3.05, 3.63) is 106 Å². The Balaban J connectivity index is 1.21. The molecule has 0 aromatic heterocycles. The summed E-state index contributed by atoms with van der Waals surface area (Å²) in [6.45, 7) is 24.0. The van der Waals surface area contributed by atoms with Crippen LogP contribution in [0.15, 0.2) is 72.8 Å². The molecule has 85 heavy (non-hydrogen) atoms. The molecule has 464 valence electrons. The number of likely N-dealkylation sites (N-methyl/N-ethyl adjacent to an activating group) is 1. The van der Waals surface area contributed by atoms with Crippen LogP contribution < -0.4 is 37.2 Å². The molecular weight excluding hydrogens is 1080 g/mol. The van der Waals surface area contributed by atoms with Crippen molar-refractivity contribution in [2.45, 2.75) is 214 Å². The number of carbonyl (C=O) groups is 9. The van der Waals surface area contributed by atoms with Crippen LogP contribution in [0.25, 0.3) is 0 Å². The minimum Gasteiger partial charge on any atom is -0.459 e. The molecule has 1 saturated heterocycles. The molecule has 1 heterocycles. The van der Waals surface area contributed by atoms with Gasteiger partial charge >= 0.3 is 12.1 Å². The monoisotopic (exact) mass is 1180 g/mol. The number of nitrogens with one attached hydrogen (secondary N) is 7. The Bertz CT molecular complexity index is 2920. The Labute approximate surface area is 502 Å². The number of amides is 8. The standard InChI is InChI=1S/C65H93N9O11/c1-38(66-36-51(75)84-64(9,10)11)54(76)72-53(63(6,7)8)60(82)74-37-44(35-50(74)58(80)69-48-29-21-25-42-23-17-19-27-46(42)48)67-56(78)43-32-30-40(31-33-43)34-49(57(79)68-47-28-20-24-41-22-16-18-26-45(41)47)70-59(81)52(62(3,4)5)71-55(77)39(2)73(15)61(83)85-65(12,13)14/h16-19,22-23,26-27,30-33,38-39,44,47-50,52-53,66H,20-21,24-25,28-29,34-37H2,1-15H3,(H,67,78)(H,68,79)(H,69,80)(H,70,81)(H,71,77)(H,72,76)/t38?,39?,44-,47+,48+,49?,50-,52?,53?/m0/s1. The van der Waals surface area contributed by atoms with Crippen molar-refractivity contribution in [1.29, 1.82) is 0 Å². The molecule has 1 fully saturated rings. The molecular formula is C65H93N9O11. The lowest BCUT2D eigenvalue weighted by atomic mass is 9.85. The van der Waals surface area contributed by atoms with E-state index in [1.807, 2.05) is 48.5 Å². The summed E-state index contributed by atoms with van der Waals surface area (Å²) in [4.78, 5) is 128. The van der Waals surface area contributed by atoms with E-state index in [9.17, 15) is 43.2 Å². The molecule has 3 aliphatic rings. The lowest BCUT2D eigenvalue weighted by molar-refractivity contribution is -0.154. The zero-order valence-electron chi connectivity index (χ0n) is 52.6. The number of rotatable bonds is 19. The molecule has 0 radical (unpaired) electrons. The first-order valence-electron chi connectivity index (χ1n) is 29.9. The largest absolute Gasteiger partial charge is 0.459 e. The predicted octanol–water partition coefficient (Wildman–Crippen LogP) is 6.44. The maximum absolute atomic E-state index is 15.0. The molecule has 9 atom stereocenters. The number of benzene rings is 3. The summed E-state index contributed by atoms with van der Waals surface area (Å²) in [5.41, 5.74) is 1.90. The number of nitrogens with zero attached hydrogens (tertiary/aromatic N) is 2. The fourth-order valence-corrected chi connectivity index (χ4v) is 10.9. The second-order valence-corrected chi connectivity index (χ2v) is 27.3. The number of hydrogen-bond acceptors (Lipinski definition) is 12. The van der Waals surface area contributed by atoms with Gasteiger partial charge in [-0.1, -0.05) is 102 Å². The molecule has 3 aromatic carbocycles. The summed E-state index contributed by atoms with van der Waals surface area (Å²) in [7, 11) is 1.44. The summed E-state index contributed by atoms with van der Waals surface area (Å²) >= 11 is 0. The minimum atomic E-state index is -1.15. The fraction of sp³-hybridized carbons (Fsp3) is 0.585. The van der Waals surface area contributed by atoms with Gasteiger partial charge in [0.15, 0.2) is 0 Å². The number of carbonyl (C=O) groups excluding carboxylic acids is 9. The molecule has 0 saturated carbocycles. The van der Waals surface area contributed by atoms with Gasteiger partial charge in [-0.05, 0) is 151 Å². The molecule has 8 amide bonds. The predicted molar refractivity (Wildman–Crippen MR) is 324 cm³/mol. The third kappa shape index (κ3) is 18.6. The Hall–Kier alpha value is -7.35. The smallest absolute Gasteiger partial charge is 0.410 e. The molecule has 5 unspecified atom stereocenters. The van der Waals surface area contributed by atoms with Crippen molar-refractivity contribution in [3.63, 3.8) is 0 Å². The minimum absolute atomic E-state index is 0.00243. The Kier molecular flexibility index (Phi) is 21.8. The lowest BCUT2D eigenvalue weighted by Gasteiger charge is -2.36. The third-order valence-corrected chi connectivity index (χ3v) is 15.7. The van der Waals surface area contributed by atoms with Gasteiger partial charge in [0, 0.05) is 31.6 Å². The summed E-state index contributed by atoms with van der Waals surface area (Å²) in [5, 5.41) is 21.0. The van der Waals surface area contributed by atoms with E-state index in [2.05, 4.69) is 37.2 Å². The van der Waals surface area contributed by atoms with Crippen LogP contribution in [0, 0.1) is 10.8 Å². The van der Waals surface area contributed by atoms with Crippen LogP contribution in [-0.2, 0) is 62.3 Å². The van der Waals surface area contributed by atoms with E-state index in [0.29, 0.717) is 18.4 Å². The Morgan fingerprint density at radius 2 is 1.14 bits per heavy atom. The second-order valence-electron chi connectivity index (χ2n) is 27.3. The Morgan fingerprint density at radius 3 is 1.68 bits per heavy atom. The number of aryl methyl sites for hydroxylation is 2. The van der Waals surface area contributed by atoms with E-state index < -0.39 is 118 Å². The van der Waals surface area contributed by atoms with E-state index >= 15 is 0 Å². The number of likely N-dealkylation sites (tertiary alicyclic amines) is 1. The highest BCUT2D eigenvalue weighted by Gasteiger charge is 2.46. The zero-order chi connectivity index (χ0) is 62.9. The fourth-order valence-electron chi connectivity index (χ4n) is 10.9. The molecule has 0 bridgehead atoms. The average molecular weight is 1180 g/mol. The van der Waals surface area contributed by atoms with E-state index in [1.54, 1.807) is 114 Å². The van der Waals surface area contributed by atoms with E-state index in [-0.39, 0.29) is 43.6 Å². The first kappa shape index (κ1) is 66.8. The van der Waals surface area contributed by atoms with Crippen LogP contribution in [0.3, 0.4) is 0 Å². The molecule has 2 aliphatic carbocycles. The van der Waals surface area contributed by atoms with Gasteiger partial charge in [-0.3, -0.25) is 48.6 Å². The number of hydrogen-bond donors (Lipinski definition) is 7. The average Bonchev–Trinajstić information content (AvgIpc) is 2.70. The van der Waals surface area contributed by atoms with E-state index in [4.69, 9.17) is 9.47 Å². The van der Waals surface area contributed by atoms with Crippen molar-refractivity contribution in [2.24, 2.45) is 10.8 Å². The van der Waals surface area contributed by atoms with Gasteiger partial charge in [-0.25, -0.2) is 4.79 Å². The number of fused-ring (bicyclic) bond motifs is 2. The summed E-state index contributed by atoms with van der Waals surface area (Å²) < 4.78 is 10.9. The molecule has 7 N–H and O–H groups in total. The van der Waals surface area contributed by atoms with E-state index in [1.165, 1.54) is 18.9 Å². The van der Waals surface area contributed by atoms with Gasteiger partial charge in [0.1, 0.15) is 41.4 Å². The summed E-state index contributed by atoms with van der Waals surface area (Å²) in [6, 6.07) is 14.8. The van der Waals surface area contributed by atoms with Crippen molar-refractivity contribution in [2.75, 3.05) is 20.1 Å². The molecule has 0 spiro atoms. The van der Waals surface area contributed by atoms with Gasteiger partial charge in [0.2, 0.25) is 35.4 Å². The van der Waals surface area contributed by atoms with Gasteiger partial charge < -0.3 is 46.3 Å². The second kappa shape index (κ2) is 27.8. The first-order chi connectivity index (χ1) is 39.6. The van der Waals surface area contributed by atoms with Gasteiger partial charge in [-0.15, -0.1) is 0 Å². The van der Waals surface area contributed by atoms with Crippen molar-refractivity contribution >= 4 is 53.4 Å². The SMILES string of the molecule is CC(NCC(=O)OC(C)(C)C)C(=O)NC(C(=O)N1C[C@@H](NC(=O)c2ccc(CC(NC(=O)C(NC(=O)C(C)N(C)C(=O)OC(C)(C)C)C(C)(C)C)C(=O)N[C@@H]3CCCc4ccccc43)cc2)C[C@H]1C(=O)N[C@@H]1CCCc2ccccc21)C(C)(C)C. The van der Waals surface area contributed by atoms with E-state index in [0.717, 1.165) is 52.8 Å². The molecule has 6 rings (SSSR count). The number of ether oxygens (including phenoxy) is 2. The highest BCUT2D eigenvalue weighted by Crippen LogP contribution is 2.33. The topological polar surface area (TPSA) is 263 Å². The third-order valence-electron chi connectivity index (χ3n) is 15.7. The van der Waals surface area contributed by atoms with Crippen molar-refractivity contribution < 1.29 is 52.6 Å². The zero-order valence-corrected chi connectivity index (χ0v) is 52.6. The molecule has 20 nitrogen and oxygen atoms in total. The first-order valence-corrected chi connectivity index (χ1v) is 29.9. The van der Waals surface area contributed by atoms with Crippen LogP contribution in [0.2, 0.25) is 0 Å². The van der Waals surface area contributed by atoms with Crippen molar-refractivity contribution in [3.8, 4) is 0 Å². The lowest BCUT2D eigenvalue weighted by Crippen LogP contribution is -2.60. The molecule has 20 heteroatoms. The highest BCUT2D eigenvalue weighted by atomic mass is 16.6. The maximum Gasteiger partial charge on any atom is 0.410 e.